The first kappa shape index (κ1) is 14.1. The summed E-state index contributed by atoms with van der Waals surface area (Å²) in [6.07, 6.45) is 0. The molecule has 1 atom stereocenters. The number of fused-ring (bicyclic) bond motifs is 1. The average molecular weight is 308 g/mol. The lowest BCUT2D eigenvalue weighted by Gasteiger charge is -2.37. The molecule has 0 radical (unpaired) electrons. The van der Waals surface area contributed by atoms with E-state index in [1.807, 2.05) is 38.9 Å². The van der Waals surface area contributed by atoms with Crippen LogP contribution in [0.2, 0.25) is 5.02 Å². The third kappa shape index (κ3) is 2.23. The van der Waals surface area contributed by atoms with Crippen LogP contribution >= 0.6 is 11.6 Å². The van der Waals surface area contributed by atoms with E-state index >= 15 is 0 Å². The Bertz CT molecular complexity index is 726. The summed E-state index contributed by atoms with van der Waals surface area (Å²) in [4.78, 5) is 20.4. The molecule has 6 nitrogen and oxygen atoms in total. The Morgan fingerprint density at radius 2 is 2.10 bits per heavy atom. The summed E-state index contributed by atoms with van der Waals surface area (Å²) in [6, 6.07) is 1.97. The number of aromatic nitrogens is 3. The van der Waals surface area contributed by atoms with Crippen LogP contribution in [0.25, 0.3) is 11.0 Å². The van der Waals surface area contributed by atoms with E-state index in [4.69, 9.17) is 11.6 Å². The van der Waals surface area contributed by atoms with E-state index in [-0.39, 0.29) is 11.9 Å². The van der Waals surface area contributed by atoms with E-state index < -0.39 is 0 Å². The van der Waals surface area contributed by atoms with Crippen molar-refractivity contribution in [1.82, 2.24) is 19.7 Å². The van der Waals surface area contributed by atoms with Crippen molar-refractivity contribution >= 4 is 34.4 Å². The Morgan fingerprint density at radius 3 is 2.76 bits per heavy atom. The zero-order valence-electron chi connectivity index (χ0n) is 12.6. The molecule has 0 saturated carbocycles. The van der Waals surface area contributed by atoms with Crippen molar-refractivity contribution in [1.29, 1.82) is 0 Å². The molecule has 0 aliphatic carbocycles. The molecule has 2 aromatic heterocycles. The third-order valence-corrected chi connectivity index (χ3v) is 4.39. The SMILES string of the molecule is Cc1nn(C)c2nc(N3CC(=O)N(C)C(C)C3)cc(Cl)c12. The van der Waals surface area contributed by atoms with E-state index in [0.29, 0.717) is 11.6 Å². The number of pyridine rings is 1. The van der Waals surface area contributed by atoms with E-state index in [0.717, 1.165) is 29.1 Å². The predicted octanol–water partition coefficient (Wildman–Crippen LogP) is 1.60. The number of hydrogen-bond acceptors (Lipinski definition) is 4. The van der Waals surface area contributed by atoms with Crippen LogP contribution in [0.4, 0.5) is 5.82 Å². The van der Waals surface area contributed by atoms with Crippen LogP contribution < -0.4 is 4.90 Å². The maximum atomic E-state index is 12.0. The quantitative estimate of drug-likeness (QED) is 0.803. The van der Waals surface area contributed by atoms with Crippen molar-refractivity contribution in [2.45, 2.75) is 19.9 Å². The molecular weight excluding hydrogens is 290 g/mol. The van der Waals surface area contributed by atoms with Crippen LogP contribution in [0.1, 0.15) is 12.6 Å². The van der Waals surface area contributed by atoms with Gasteiger partial charge >= 0.3 is 0 Å². The lowest BCUT2D eigenvalue weighted by atomic mass is 10.2. The number of rotatable bonds is 1. The van der Waals surface area contributed by atoms with Crippen molar-refractivity contribution < 1.29 is 4.79 Å². The second kappa shape index (κ2) is 4.87. The summed E-state index contributed by atoms with van der Waals surface area (Å²) in [6.45, 7) is 5.01. The highest BCUT2D eigenvalue weighted by Crippen LogP contribution is 2.29. The Kier molecular flexibility index (Phi) is 3.28. The molecular formula is C14H18ClN5O. The van der Waals surface area contributed by atoms with Crippen LogP contribution in [0.3, 0.4) is 0 Å². The van der Waals surface area contributed by atoms with Crippen molar-refractivity contribution in [3.63, 3.8) is 0 Å². The Hall–Kier alpha value is -1.82. The highest BCUT2D eigenvalue weighted by molar-refractivity contribution is 6.35. The molecule has 0 bridgehead atoms. The Balaban J connectivity index is 2.05. The minimum absolute atomic E-state index is 0.0907. The number of amides is 1. The molecule has 0 aromatic carbocycles. The minimum atomic E-state index is 0.0907. The fourth-order valence-corrected chi connectivity index (χ4v) is 3.06. The number of nitrogens with zero attached hydrogens (tertiary/aromatic N) is 5. The molecule has 7 heteroatoms. The standard InChI is InChI=1S/C14H18ClN5O/c1-8-6-20(7-12(21)18(8)3)11-5-10(15)13-9(2)17-19(4)14(13)16-11/h5,8H,6-7H2,1-4H3. The topological polar surface area (TPSA) is 54.3 Å². The van der Waals surface area contributed by atoms with Gasteiger partial charge in [0.1, 0.15) is 5.82 Å². The Labute approximate surface area is 128 Å². The van der Waals surface area contributed by atoms with Crippen LogP contribution in [0, 0.1) is 6.92 Å². The van der Waals surface area contributed by atoms with Gasteiger partial charge in [0.25, 0.3) is 0 Å². The summed E-state index contributed by atoms with van der Waals surface area (Å²) in [5, 5.41) is 5.85. The van der Waals surface area contributed by atoms with Crippen molar-refractivity contribution in [2.24, 2.45) is 7.05 Å². The van der Waals surface area contributed by atoms with Crippen molar-refractivity contribution in [2.75, 3.05) is 25.0 Å². The van der Waals surface area contributed by atoms with Gasteiger partial charge in [-0.15, -0.1) is 0 Å². The number of anilines is 1. The molecule has 1 fully saturated rings. The first-order chi connectivity index (χ1) is 9.88. The summed E-state index contributed by atoms with van der Waals surface area (Å²) < 4.78 is 1.72. The maximum absolute atomic E-state index is 12.0. The molecule has 1 saturated heterocycles. The lowest BCUT2D eigenvalue weighted by molar-refractivity contribution is -0.131. The molecule has 1 amide bonds. The first-order valence-corrected chi connectivity index (χ1v) is 7.26. The predicted molar refractivity (Wildman–Crippen MR) is 82.7 cm³/mol. The zero-order valence-corrected chi connectivity index (χ0v) is 13.3. The number of carbonyl (C=O) groups excluding carboxylic acids is 1. The number of carbonyl (C=O) groups is 1. The molecule has 0 N–H and O–H groups in total. The van der Waals surface area contributed by atoms with Gasteiger partial charge in [0.05, 0.1) is 22.6 Å². The zero-order chi connectivity index (χ0) is 15.3. The van der Waals surface area contributed by atoms with Crippen LogP contribution in [-0.4, -0.2) is 51.8 Å². The molecule has 2 aromatic rings. The Morgan fingerprint density at radius 1 is 1.38 bits per heavy atom. The van der Waals surface area contributed by atoms with Crippen LogP contribution in [-0.2, 0) is 11.8 Å². The second-order valence-corrected chi connectivity index (χ2v) is 6.01. The summed E-state index contributed by atoms with van der Waals surface area (Å²) in [7, 11) is 3.68. The van der Waals surface area contributed by atoms with Gasteiger partial charge in [-0.25, -0.2) is 4.98 Å². The lowest BCUT2D eigenvalue weighted by Crippen LogP contribution is -2.53. The minimum Gasteiger partial charge on any atom is -0.345 e. The number of hydrogen-bond donors (Lipinski definition) is 0. The number of halogens is 1. The summed E-state index contributed by atoms with van der Waals surface area (Å²) >= 11 is 6.39. The fraction of sp³-hybridized carbons (Fsp3) is 0.500. The van der Waals surface area contributed by atoms with Crippen LogP contribution in [0.15, 0.2) is 6.07 Å². The van der Waals surface area contributed by atoms with E-state index in [1.165, 1.54) is 0 Å². The van der Waals surface area contributed by atoms with E-state index in [9.17, 15) is 4.79 Å². The number of piperazine rings is 1. The molecule has 3 rings (SSSR count). The van der Waals surface area contributed by atoms with Gasteiger partial charge in [-0.2, -0.15) is 5.10 Å². The molecule has 21 heavy (non-hydrogen) atoms. The molecule has 1 aliphatic heterocycles. The molecule has 1 unspecified atom stereocenters. The molecule has 0 spiro atoms. The highest BCUT2D eigenvalue weighted by Gasteiger charge is 2.28. The fourth-order valence-electron chi connectivity index (χ4n) is 2.74. The normalized spacial score (nSPS) is 19.7. The van der Waals surface area contributed by atoms with Crippen molar-refractivity contribution in [3.05, 3.63) is 16.8 Å². The van der Waals surface area contributed by atoms with Gasteiger partial charge in [0.15, 0.2) is 5.65 Å². The van der Waals surface area contributed by atoms with Gasteiger partial charge in [-0.1, -0.05) is 11.6 Å². The average Bonchev–Trinajstić information content (AvgIpc) is 2.71. The first-order valence-electron chi connectivity index (χ1n) is 6.89. The van der Waals surface area contributed by atoms with Crippen LogP contribution in [0.5, 0.6) is 0 Å². The van der Waals surface area contributed by atoms with Gasteiger partial charge < -0.3 is 9.80 Å². The largest absolute Gasteiger partial charge is 0.345 e. The monoisotopic (exact) mass is 307 g/mol. The van der Waals surface area contributed by atoms with Gasteiger partial charge in [0.2, 0.25) is 5.91 Å². The molecule has 3 heterocycles. The van der Waals surface area contributed by atoms with Crippen molar-refractivity contribution in [3.8, 4) is 0 Å². The maximum Gasteiger partial charge on any atom is 0.242 e. The van der Waals surface area contributed by atoms with Gasteiger partial charge in [-0.05, 0) is 13.8 Å². The number of aryl methyl sites for hydroxylation is 2. The van der Waals surface area contributed by atoms with E-state index in [2.05, 4.69) is 10.1 Å². The smallest absolute Gasteiger partial charge is 0.242 e. The second-order valence-electron chi connectivity index (χ2n) is 5.60. The van der Waals surface area contributed by atoms with Gasteiger partial charge in [0, 0.05) is 32.7 Å². The van der Waals surface area contributed by atoms with Gasteiger partial charge in [-0.3, -0.25) is 9.48 Å². The summed E-state index contributed by atoms with van der Waals surface area (Å²) in [5.74, 6) is 0.816. The third-order valence-electron chi connectivity index (χ3n) is 4.10. The summed E-state index contributed by atoms with van der Waals surface area (Å²) in [5.41, 5.74) is 1.61. The molecule has 1 aliphatic rings. The van der Waals surface area contributed by atoms with E-state index in [1.54, 1.807) is 9.58 Å². The number of likely N-dealkylation sites (N-methyl/N-ethyl adjacent to an activating group) is 1. The molecule has 112 valence electrons. The highest BCUT2D eigenvalue weighted by atomic mass is 35.5.